The van der Waals surface area contributed by atoms with E-state index in [2.05, 4.69) is 85.5 Å². The van der Waals surface area contributed by atoms with Crippen molar-refractivity contribution in [2.45, 2.75) is 40.0 Å². The fourth-order valence-corrected chi connectivity index (χ4v) is 3.28. The lowest BCUT2D eigenvalue weighted by molar-refractivity contribution is 0.576. The minimum Gasteiger partial charge on any atom is -0.386 e. The van der Waals surface area contributed by atoms with Crippen molar-refractivity contribution in [3.05, 3.63) is 83.1 Å². The third-order valence-corrected chi connectivity index (χ3v) is 4.97. The van der Waals surface area contributed by atoms with Gasteiger partial charge in [0.15, 0.2) is 0 Å². The Morgan fingerprint density at radius 3 is 2.50 bits per heavy atom. The molecule has 1 aliphatic heterocycles. The molecule has 2 aromatic rings. The summed E-state index contributed by atoms with van der Waals surface area (Å²) >= 11 is 0. The van der Waals surface area contributed by atoms with E-state index in [9.17, 15) is 0 Å². The standard InChI is InChI=1S/C24H30N4/c1-6-19-12-15-28(16-13-19)23(21-11-14-26-24(27-21)17(2)3)22(25-5)20-9-7-18(4)8-10-20/h7-15,17,25H,6,16H2,1-5H3/b23-22-. The van der Waals surface area contributed by atoms with Crippen molar-refractivity contribution < 1.29 is 0 Å². The maximum atomic E-state index is 4.89. The van der Waals surface area contributed by atoms with Gasteiger partial charge in [-0.3, -0.25) is 0 Å². The Kier molecular flexibility index (Phi) is 6.30. The Bertz CT molecular complexity index is 904. The first-order chi connectivity index (χ1) is 13.5. The summed E-state index contributed by atoms with van der Waals surface area (Å²) in [7, 11) is 1.97. The lowest BCUT2D eigenvalue weighted by atomic mass is 10.0. The topological polar surface area (TPSA) is 41.0 Å². The molecule has 1 aromatic carbocycles. The number of nitrogens with one attached hydrogen (secondary N) is 1. The molecule has 1 N–H and O–H groups in total. The number of hydrogen-bond acceptors (Lipinski definition) is 4. The van der Waals surface area contributed by atoms with Crippen molar-refractivity contribution in [2.75, 3.05) is 13.6 Å². The molecular formula is C24H30N4. The van der Waals surface area contributed by atoms with Gasteiger partial charge in [0.25, 0.3) is 0 Å². The van der Waals surface area contributed by atoms with Gasteiger partial charge in [-0.1, -0.05) is 56.7 Å². The molecule has 28 heavy (non-hydrogen) atoms. The monoisotopic (exact) mass is 374 g/mol. The van der Waals surface area contributed by atoms with Gasteiger partial charge in [-0.2, -0.15) is 0 Å². The predicted molar refractivity (Wildman–Crippen MR) is 117 cm³/mol. The molecule has 0 saturated heterocycles. The van der Waals surface area contributed by atoms with E-state index >= 15 is 0 Å². The molecule has 4 nitrogen and oxygen atoms in total. The molecular weight excluding hydrogens is 344 g/mol. The van der Waals surface area contributed by atoms with E-state index in [4.69, 9.17) is 4.98 Å². The van der Waals surface area contributed by atoms with Crippen molar-refractivity contribution >= 4 is 11.4 Å². The summed E-state index contributed by atoms with van der Waals surface area (Å²) in [6.07, 6.45) is 9.55. The summed E-state index contributed by atoms with van der Waals surface area (Å²) in [6, 6.07) is 10.6. The van der Waals surface area contributed by atoms with Gasteiger partial charge in [0.2, 0.25) is 0 Å². The Hall–Kier alpha value is -2.88. The minimum atomic E-state index is 0.280. The lowest BCUT2D eigenvalue weighted by Gasteiger charge is -2.28. The molecule has 0 amide bonds. The van der Waals surface area contributed by atoms with Crippen molar-refractivity contribution in [1.82, 2.24) is 20.2 Å². The Morgan fingerprint density at radius 2 is 1.93 bits per heavy atom. The number of hydrogen-bond donors (Lipinski definition) is 1. The normalized spacial score (nSPS) is 14.8. The van der Waals surface area contributed by atoms with E-state index in [1.807, 2.05) is 19.3 Å². The third kappa shape index (κ3) is 4.33. The smallest absolute Gasteiger partial charge is 0.131 e. The highest BCUT2D eigenvalue weighted by Crippen LogP contribution is 2.29. The second kappa shape index (κ2) is 8.87. The van der Waals surface area contributed by atoms with Crippen LogP contribution in [0.2, 0.25) is 0 Å². The van der Waals surface area contributed by atoms with E-state index in [1.54, 1.807) is 0 Å². The van der Waals surface area contributed by atoms with E-state index in [0.29, 0.717) is 0 Å². The molecule has 0 unspecified atom stereocenters. The van der Waals surface area contributed by atoms with Gasteiger partial charge in [-0.05, 0) is 36.6 Å². The predicted octanol–water partition coefficient (Wildman–Crippen LogP) is 5.12. The van der Waals surface area contributed by atoms with Crippen LogP contribution in [0.3, 0.4) is 0 Å². The van der Waals surface area contributed by atoms with Crippen LogP contribution in [-0.4, -0.2) is 28.5 Å². The molecule has 3 rings (SSSR count). The van der Waals surface area contributed by atoms with Crippen molar-refractivity contribution in [2.24, 2.45) is 0 Å². The van der Waals surface area contributed by atoms with Crippen LogP contribution in [0.1, 0.15) is 55.8 Å². The van der Waals surface area contributed by atoms with Gasteiger partial charge in [0.05, 0.1) is 17.1 Å². The molecule has 2 heterocycles. The third-order valence-electron chi connectivity index (χ3n) is 4.97. The zero-order valence-electron chi connectivity index (χ0n) is 17.5. The fraction of sp³-hybridized carbons (Fsp3) is 0.333. The van der Waals surface area contributed by atoms with Gasteiger partial charge in [-0.25, -0.2) is 9.97 Å². The molecule has 1 aliphatic rings. The van der Waals surface area contributed by atoms with Crippen LogP contribution in [0.5, 0.6) is 0 Å². The molecule has 0 saturated carbocycles. The quantitative estimate of drug-likeness (QED) is 0.762. The highest BCUT2D eigenvalue weighted by atomic mass is 15.1. The summed E-state index contributed by atoms with van der Waals surface area (Å²) in [6.45, 7) is 9.37. The van der Waals surface area contributed by atoms with Gasteiger partial charge >= 0.3 is 0 Å². The number of benzene rings is 1. The highest BCUT2D eigenvalue weighted by Gasteiger charge is 2.20. The molecule has 0 bridgehead atoms. The van der Waals surface area contributed by atoms with Crippen LogP contribution in [-0.2, 0) is 0 Å². The summed E-state index contributed by atoms with van der Waals surface area (Å²) in [4.78, 5) is 11.6. The van der Waals surface area contributed by atoms with Crippen LogP contribution in [0.25, 0.3) is 11.4 Å². The molecule has 0 atom stereocenters. The number of allylic oxidation sites excluding steroid dienone is 2. The van der Waals surface area contributed by atoms with Crippen LogP contribution >= 0.6 is 0 Å². The number of aryl methyl sites for hydroxylation is 1. The lowest BCUT2D eigenvalue weighted by Crippen LogP contribution is -2.24. The Labute approximate surface area is 168 Å². The van der Waals surface area contributed by atoms with Gasteiger partial charge in [-0.15, -0.1) is 0 Å². The number of aromatic nitrogens is 2. The van der Waals surface area contributed by atoms with Crippen molar-refractivity contribution in [3.8, 4) is 0 Å². The van der Waals surface area contributed by atoms with E-state index < -0.39 is 0 Å². The number of rotatable bonds is 6. The largest absolute Gasteiger partial charge is 0.386 e. The fourth-order valence-electron chi connectivity index (χ4n) is 3.28. The first-order valence-corrected chi connectivity index (χ1v) is 9.99. The summed E-state index contributed by atoms with van der Waals surface area (Å²) in [5, 5.41) is 3.43. The summed E-state index contributed by atoms with van der Waals surface area (Å²) < 4.78 is 0. The van der Waals surface area contributed by atoms with E-state index in [0.717, 1.165) is 41.4 Å². The molecule has 146 valence electrons. The van der Waals surface area contributed by atoms with Gasteiger partial charge in [0.1, 0.15) is 5.82 Å². The van der Waals surface area contributed by atoms with Crippen LogP contribution in [0, 0.1) is 6.92 Å². The van der Waals surface area contributed by atoms with Crippen LogP contribution in [0.4, 0.5) is 0 Å². The van der Waals surface area contributed by atoms with E-state index in [-0.39, 0.29) is 5.92 Å². The van der Waals surface area contributed by atoms with Crippen molar-refractivity contribution in [1.29, 1.82) is 0 Å². The zero-order valence-corrected chi connectivity index (χ0v) is 17.5. The Morgan fingerprint density at radius 1 is 1.18 bits per heavy atom. The summed E-state index contributed by atoms with van der Waals surface area (Å²) in [5.74, 6) is 1.14. The maximum Gasteiger partial charge on any atom is 0.131 e. The maximum absolute atomic E-state index is 4.89. The average Bonchev–Trinajstić information content (AvgIpc) is 2.73. The molecule has 0 spiro atoms. The number of nitrogens with zero attached hydrogens (tertiary/aromatic N) is 3. The van der Waals surface area contributed by atoms with Crippen molar-refractivity contribution in [3.63, 3.8) is 0 Å². The zero-order chi connectivity index (χ0) is 20.1. The summed E-state index contributed by atoms with van der Waals surface area (Å²) in [5.41, 5.74) is 6.82. The van der Waals surface area contributed by atoms with Gasteiger partial charge in [0, 0.05) is 31.9 Å². The second-order valence-corrected chi connectivity index (χ2v) is 7.40. The molecule has 4 heteroatoms. The molecule has 0 fully saturated rings. The average molecular weight is 375 g/mol. The SMILES string of the molecule is CCC1=CCN(/C(=C(\NC)c2ccc(C)cc2)c2ccnc(C(C)C)n2)C=C1. The van der Waals surface area contributed by atoms with E-state index in [1.165, 1.54) is 11.1 Å². The molecule has 1 aromatic heterocycles. The van der Waals surface area contributed by atoms with Crippen LogP contribution < -0.4 is 5.32 Å². The highest BCUT2D eigenvalue weighted by molar-refractivity contribution is 5.88. The first kappa shape index (κ1) is 19.9. The first-order valence-electron chi connectivity index (χ1n) is 9.99. The Balaban J connectivity index is 2.16. The van der Waals surface area contributed by atoms with Gasteiger partial charge < -0.3 is 10.2 Å². The molecule has 0 aliphatic carbocycles. The second-order valence-electron chi connectivity index (χ2n) is 7.40. The molecule has 0 radical (unpaired) electrons. The minimum absolute atomic E-state index is 0.280. The van der Waals surface area contributed by atoms with Crippen LogP contribution in [0.15, 0.2) is 60.5 Å².